The van der Waals surface area contributed by atoms with Gasteiger partial charge in [-0.3, -0.25) is 19.4 Å². The zero-order valence-corrected chi connectivity index (χ0v) is 21.1. The molecule has 2 aliphatic heterocycles. The van der Waals surface area contributed by atoms with Gasteiger partial charge >= 0.3 is 6.09 Å². The fourth-order valence-electron chi connectivity index (χ4n) is 5.93. The lowest BCUT2D eigenvalue weighted by molar-refractivity contribution is -0.152. The number of carbonyl (C=O) groups is 3. The predicted molar refractivity (Wildman–Crippen MR) is 131 cm³/mol. The van der Waals surface area contributed by atoms with Crippen molar-refractivity contribution in [2.24, 2.45) is 5.41 Å². The number of amides is 3. The fourth-order valence-corrected chi connectivity index (χ4v) is 5.93. The number of unbranched alkanes of at least 4 members (excludes halogenated alkanes) is 2. The van der Waals surface area contributed by atoms with Crippen molar-refractivity contribution in [3.8, 4) is 5.75 Å². The van der Waals surface area contributed by atoms with E-state index in [0.717, 1.165) is 51.6 Å². The van der Waals surface area contributed by atoms with Crippen LogP contribution in [0.3, 0.4) is 0 Å². The highest BCUT2D eigenvalue weighted by Gasteiger charge is 2.39. The van der Waals surface area contributed by atoms with E-state index in [1.165, 1.54) is 20.9 Å². The summed E-state index contributed by atoms with van der Waals surface area (Å²) in [5.41, 5.74) is 2.33. The van der Waals surface area contributed by atoms with E-state index in [0.29, 0.717) is 37.1 Å². The van der Waals surface area contributed by atoms with E-state index < -0.39 is 0 Å². The number of hydrogen-bond acceptors (Lipinski definition) is 5. The van der Waals surface area contributed by atoms with E-state index in [1.807, 2.05) is 26.0 Å². The van der Waals surface area contributed by atoms with Gasteiger partial charge in [-0.1, -0.05) is 32.4 Å². The molecule has 7 nitrogen and oxygen atoms in total. The summed E-state index contributed by atoms with van der Waals surface area (Å²) in [7, 11) is 3.40. The number of hydrogen-bond donors (Lipinski definition) is 0. The van der Waals surface area contributed by atoms with Crippen LogP contribution < -0.4 is 4.74 Å². The highest BCUT2D eigenvalue weighted by atomic mass is 16.6. The van der Waals surface area contributed by atoms with Gasteiger partial charge < -0.3 is 9.64 Å². The summed E-state index contributed by atoms with van der Waals surface area (Å²) in [5, 5.41) is 0. The maximum Gasteiger partial charge on any atom is 0.414 e. The molecule has 3 amide bonds. The minimum Gasteiger partial charge on any atom is -0.410 e. The Morgan fingerprint density at radius 1 is 1.06 bits per heavy atom. The van der Waals surface area contributed by atoms with Crippen molar-refractivity contribution in [3.63, 3.8) is 0 Å². The molecule has 1 aromatic rings. The first-order valence-corrected chi connectivity index (χ1v) is 12.7. The second-order valence-corrected chi connectivity index (χ2v) is 11.1. The molecule has 0 saturated carbocycles. The van der Waals surface area contributed by atoms with Gasteiger partial charge in [0.2, 0.25) is 11.8 Å². The van der Waals surface area contributed by atoms with Crippen LogP contribution in [0.1, 0.15) is 75.8 Å². The lowest BCUT2D eigenvalue weighted by Crippen LogP contribution is -2.46. The molecule has 2 atom stereocenters. The third-order valence-corrected chi connectivity index (χ3v) is 7.67. The molecule has 0 bridgehead atoms. The first-order valence-electron chi connectivity index (χ1n) is 12.7. The zero-order chi connectivity index (χ0) is 24.5. The highest BCUT2D eigenvalue weighted by molar-refractivity contribution is 5.98. The van der Waals surface area contributed by atoms with E-state index in [1.54, 1.807) is 14.1 Å². The Labute approximate surface area is 203 Å². The summed E-state index contributed by atoms with van der Waals surface area (Å²) < 4.78 is 5.64. The summed E-state index contributed by atoms with van der Waals surface area (Å²) in [4.78, 5) is 42.3. The van der Waals surface area contributed by atoms with Crippen LogP contribution in [0.5, 0.6) is 5.75 Å². The molecule has 0 aromatic heterocycles. The van der Waals surface area contributed by atoms with Crippen LogP contribution in [-0.2, 0) is 16.0 Å². The lowest BCUT2D eigenvalue weighted by Gasteiger charge is -2.35. The van der Waals surface area contributed by atoms with E-state index in [2.05, 4.69) is 11.0 Å². The second kappa shape index (κ2) is 10.1. The van der Waals surface area contributed by atoms with Crippen LogP contribution in [-0.4, -0.2) is 72.4 Å². The first kappa shape index (κ1) is 24.7. The number of fused-ring (bicyclic) bond motifs is 3. The van der Waals surface area contributed by atoms with Crippen LogP contribution in [0.2, 0.25) is 0 Å². The first-order chi connectivity index (χ1) is 16.2. The molecular weight excluding hydrogens is 430 g/mol. The standard InChI is InChI=1S/C27H39N3O4/c1-27(2)17-24(31)30(25(32)18-27)15-7-5-6-14-29-16-13-20-19-9-8-10-23(34-26(33)28(3)4)21(19)11-12-22(20)29/h8-10,20,22H,5-7,11-18H2,1-4H3/t20-,22+/m0/s1. The van der Waals surface area contributed by atoms with E-state index in [9.17, 15) is 14.4 Å². The van der Waals surface area contributed by atoms with Gasteiger partial charge in [0.1, 0.15) is 5.75 Å². The van der Waals surface area contributed by atoms with Crippen molar-refractivity contribution in [1.29, 1.82) is 0 Å². The molecule has 0 radical (unpaired) electrons. The van der Waals surface area contributed by atoms with Crippen molar-refractivity contribution in [2.45, 2.75) is 77.2 Å². The maximum atomic E-state index is 12.3. The monoisotopic (exact) mass is 469 g/mol. The Hall–Kier alpha value is -2.41. The molecular formula is C27H39N3O4. The molecule has 7 heteroatoms. The van der Waals surface area contributed by atoms with Gasteiger partial charge in [0.25, 0.3) is 0 Å². The summed E-state index contributed by atoms with van der Waals surface area (Å²) >= 11 is 0. The molecule has 2 saturated heterocycles. The molecule has 0 spiro atoms. The van der Waals surface area contributed by atoms with Gasteiger partial charge in [0, 0.05) is 45.4 Å². The number of ether oxygens (including phenoxy) is 1. The minimum atomic E-state index is -0.333. The molecule has 1 aliphatic carbocycles. The molecule has 3 aliphatic rings. The predicted octanol–water partition coefficient (Wildman–Crippen LogP) is 4.20. The van der Waals surface area contributed by atoms with Gasteiger partial charge in [-0.25, -0.2) is 4.79 Å². The van der Waals surface area contributed by atoms with Gasteiger partial charge in [-0.05, 0) is 67.8 Å². The summed E-state index contributed by atoms with van der Waals surface area (Å²) in [6, 6.07) is 6.66. The van der Waals surface area contributed by atoms with Crippen LogP contribution in [0.4, 0.5) is 4.79 Å². The Balaban J connectivity index is 1.26. The minimum absolute atomic E-state index is 0.0138. The quantitative estimate of drug-likeness (QED) is 0.442. The zero-order valence-electron chi connectivity index (χ0n) is 21.1. The SMILES string of the molecule is CN(C)C(=O)Oc1cccc2c1CC[C@@H]1[C@H]2CCN1CCCCCN1C(=O)CC(C)(C)CC1=O. The second-order valence-electron chi connectivity index (χ2n) is 11.1. The third-order valence-electron chi connectivity index (χ3n) is 7.67. The van der Waals surface area contributed by atoms with Crippen LogP contribution in [0, 0.1) is 5.41 Å². The number of carbonyl (C=O) groups excluding carboxylic acids is 3. The molecule has 4 rings (SSSR count). The number of rotatable bonds is 7. The molecule has 34 heavy (non-hydrogen) atoms. The van der Waals surface area contributed by atoms with E-state index >= 15 is 0 Å². The van der Waals surface area contributed by atoms with Gasteiger partial charge in [-0.15, -0.1) is 0 Å². The fraction of sp³-hybridized carbons (Fsp3) is 0.667. The Bertz CT molecular complexity index is 922. The number of likely N-dealkylation sites (tertiary alicyclic amines) is 2. The van der Waals surface area contributed by atoms with Crippen LogP contribution >= 0.6 is 0 Å². The number of benzene rings is 1. The molecule has 2 fully saturated rings. The average molecular weight is 470 g/mol. The largest absolute Gasteiger partial charge is 0.414 e. The Morgan fingerprint density at radius 3 is 2.47 bits per heavy atom. The topological polar surface area (TPSA) is 70.2 Å². The third kappa shape index (κ3) is 5.29. The van der Waals surface area contributed by atoms with Gasteiger partial charge in [0.05, 0.1) is 0 Å². The smallest absolute Gasteiger partial charge is 0.410 e. The van der Waals surface area contributed by atoms with Crippen molar-refractivity contribution in [3.05, 3.63) is 29.3 Å². The number of nitrogens with zero attached hydrogens (tertiary/aromatic N) is 3. The maximum absolute atomic E-state index is 12.3. The van der Waals surface area contributed by atoms with Crippen molar-refractivity contribution < 1.29 is 19.1 Å². The summed E-state index contributed by atoms with van der Waals surface area (Å²) in [6.07, 6.45) is 6.73. The summed E-state index contributed by atoms with van der Waals surface area (Å²) in [5.74, 6) is 1.17. The van der Waals surface area contributed by atoms with E-state index in [4.69, 9.17) is 4.74 Å². The Morgan fingerprint density at radius 2 is 1.76 bits per heavy atom. The summed E-state index contributed by atoms with van der Waals surface area (Å²) in [6.45, 7) is 6.69. The van der Waals surface area contributed by atoms with E-state index in [-0.39, 0.29) is 23.3 Å². The van der Waals surface area contributed by atoms with Crippen molar-refractivity contribution in [1.82, 2.24) is 14.7 Å². The normalized spacial score (nSPS) is 24.1. The lowest BCUT2D eigenvalue weighted by atomic mass is 9.79. The molecule has 0 N–H and O–H groups in total. The molecule has 1 aromatic carbocycles. The average Bonchev–Trinajstić information content (AvgIpc) is 3.18. The number of imide groups is 1. The van der Waals surface area contributed by atoms with Crippen molar-refractivity contribution >= 4 is 17.9 Å². The van der Waals surface area contributed by atoms with Gasteiger partial charge in [0.15, 0.2) is 0 Å². The van der Waals surface area contributed by atoms with Crippen molar-refractivity contribution in [2.75, 3.05) is 33.7 Å². The molecule has 2 heterocycles. The van der Waals surface area contributed by atoms with Crippen LogP contribution in [0.25, 0.3) is 0 Å². The molecule has 186 valence electrons. The van der Waals surface area contributed by atoms with Gasteiger partial charge in [-0.2, -0.15) is 0 Å². The Kier molecular flexibility index (Phi) is 7.31. The molecule has 0 unspecified atom stereocenters. The number of piperidine rings is 1. The van der Waals surface area contributed by atoms with Crippen LogP contribution in [0.15, 0.2) is 18.2 Å². The highest BCUT2D eigenvalue weighted by Crippen LogP contribution is 2.44.